The summed E-state index contributed by atoms with van der Waals surface area (Å²) in [4.78, 5) is 8.17. The molecule has 0 aliphatic carbocycles. The molecule has 0 spiro atoms. The fourth-order valence-corrected chi connectivity index (χ4v) is 8.36. The van der Waals surface area contributed by atoms with Crippen molar-refractivity contribution in [2.24, 2.45) is 0 Å². The molecule has 0 aliphatic heterocycles. The van der Waals surface area contributed by atoms with Crippen LogP contribution in [-0.4, -0.2) is 0 Å². The average Bonchev–Trinajstić information content (AvgIpc) is 3.01. The van der Waals surface area contributed by atoms with E-state index in [-0.39, 0.29) is 21.8 Å². The molecule has 2 heteroatoms. The second-order valence-electron chi connectivity index (χ2n) is 8.49. The quantitative estimate of drug-likeness (QED) is 0.190. The van der Waals surface area contributed by atoms with E-state index in [2.05, 4.69) is 182 Å². The highest BCUT2D eigenvalue weighted by Gasteiger charge is 2.28. The van der Waals surface area contributed by atoms with E-state index in [1.807, 2.05) is 0 Å². The van der Waals surface area contributed by atoms with Crippen LogP contribution in [0, 0.1) is 0 Å². The summed E-state index contributed by atoms with van der Waals surface area (Å²) in [5, 5.41) is 0. The Labute approximate surface area is 232 Å². The van der Waals surface area contributed by atoms with Crippen molar-refractivity contribution < 1.29 is 0 Å². The summed E-state index contributed by atoms with van der Waals surface area (Å²) >= 11 is 0. The first-order valence-electron chi connectivity index (χ1n) is 12.7. The summed E-state index contributed by atoms with van der Waals surface area (Å²) in [5.74, 6) is 0. The van der Waals surface area contributed by atoms with Crippen LogP contribution in [0.25, 0.3) is 0 Å². The fraction of sp³-hybridized carbons (Fsp3) is 0. The SMILES string of the molecule is c1ccc([S+](c2ccccc2)c2ccccc2)cc1.c1ccc([S+](c2ccccc2)c2ccccc2)cc1. The zero-order valence-corrected chi connectivity index (χ0v) is 22.8. The van der Waals surface area contributed by atoms with Crippen LogP contribution in [-0.2, 0) is 21.8 Å². The lowest BCUT2D eigenvalue weighted by Gasteiger charge is -2.07. The molecule has 0 bridgehead atoms. The third-order valence-electron chi connectivity index (χ3n) is 5.87. The molecule has 0 fully saturated rings. The predicted molar refractivity (Wildman–Crippen MR) is 163 cm³/mol. The van der Waals surface area contributed by atoms with Gasteiger partial charge < -0.3 is 0 Å². The highest BCUT2D eigenvalue weighted by atomic mass is 32.2. The van der Waals surface area contributed by atoms with Gasteiger partial charge in [0.25, 0.3) is 0 Å². The largest absolute Gasteiger partial charge is 0.166 e. The van der Waals surface area contributed by atoms with Gasteiger partial charge in [-0.1, -0.05) is 109 Å². The molecular formula is C36H30S2+2. The monoisotopic (exact) mass is 526 g/mol. The van der Waals surface area contributed by atoms with Crippen molar-refractivity contribution in [1.29, 1.82) is 0 Å². The Hall–Kier alpha value is -3.98. The minimum atomic E-state index is -0.0146. The van der Waals surface area contributed by atoms with Gasteiger partial charge in [0, 0.05) is 0 Å². The van der Waals surface area contributed by atoms with E-state index in [9.17, 15) is 0 Å². The van der Waals surface area contributed by atoms with Gasteiger partial charge in [0.1, 0.15) is 0 Å². The first-order chi connectivity index (χ1) is 18.9. The van der Waals surface area contributed by atoms with E-state index in [1.54, 1.807) is 0 Å². The van der Waals surface area contributed by atoms with Gasteiger partial charge >= 0.3 is 0 Å². The molecule has 0 aliphatic rings. The van der Waals surface area contributed by atoms with E-state index in [1.165, 1.54) is 29.4 Å². The van der Waals surface area contributed by atoms with Gasteiger partial charge in [0.2, 0.25) is 0 Å². The van der Waals surface area contributed by atoms with Gasteiger partial charge in [0.15, 0.2) is 29.4 Å². The second-order valence-corrected chi connectivity index (χ2v) is 12.5. The Morgan fingerprint density at radius 2 is 0.316 bits per heavy atom. The van der Waals surface area contributed by atoms with Crippen molar-refractivity contribution in [3.8, 4) is 0 Å². The van der Waals surface area contributed by atoms with Crippen LogP contribution in [0.5, 0.6) is 0 Å². The molecule has 0 unspecified atom stereocenters. The normalized spacial score (nSPS) is 10.6. The third kappa shape index (κ3) is 6.66. The van der Waals surface area contributed by atoms with Gasteiger partial charge in [-0.05, 0) is 72.8 Å². The molecule has 0 amide bonds. The third-order valence-corrected chi connectivity index (χ3v) is 10.3. The molecule has 6 aromatic carbocycles. The minimum absolute atomic E-state index is 0.0146. The molecule has 38 heavy (non-hydrogen) atoms. The summed E-state index contributed by atoms with van der Waals surface area (Å²) in [5.41, 5.74) is 0. The molecule has 0 N–H and O–H groups in total. The Kier molecular flexibility index (Phi) is 9.14. The lowest BCUT2D eigenvalue weighted by atomic mass is 10.4. The van der Waals surface area contributed by atoms with E-state index >= 15 is 0 Å². The number of rotatable bonds is 6. The van der Waals surface area contributed by atoms with Crippen LogP contribution in [0.15, 0.2) is 211 Å². The number of hydrogen-bond acceptors (Lipinski definition) is 0. The minimum Gasteiger partial charge on any atom is -0.0619 e. The van der Waals surface area contributed by atoms with Gasteiger partial charge in [-0.2, -0.15) is 0 Å². The molecule has 0 heterocycles. The van der Waals surface area contributed by atoms with Crippen molar-refractivity contribution in [2.45, 2.75) is 29.4 Å². The number of hydrogen-bond donors (Lipinski definition) is 0. The lowest BCUT2D eigenvalue weighted by Crippen LogP contribution is -2.04. The fourth-order valence-electron chi connectivity index (χ4n) is 4.16. The van der Waals surface area contributed by atoms with Gasteiger partial charge in [-0.3, -0.25) is 0 Å². The van der Waals surface area contributed by atoms with Crippen LogP contribution >= 0.6 is 0 Å². The van der Waals surface area contributed by atoms with Crippen molar-refractivity contribution in [2.75, 3.05) is 0 Å². The molecule has 0 nitrogen and oxygen atoms in total. The maximum absolute atomic E-state index is 2.21. The molecule has 0 saturated heterocycles. The van der Waals surface area contributed by atoms with E-state index < -0.39 is 0 Å². The maximum Gasteiger partial charge on any atom is 0.166 e. The summed E-state index contributed by atoms with van der Waals surface area (Å²) < 4.78 is 0. The van der Waals surface area contributed by atoms with Crippen LogP contribution in [0.3, 0.4) is 0 Å². The first-order valence-corrected chi connectivity index (χ1v) is 15.1. The van der Waals surface area contributed by atoms with Crippen molar-refractivity contribution in [3.63, 3.8) is 0 Å². The molecule has 0 aromatic heterocycles. The summed E-state index contributed by atoms with van der Waals surface area (Å²) in [6.07, 6.45) is 0. The van der Waals surface area contributed by atoms with Crippen LogP contribution in [0.2, 0.25) is 0 Å². The van der Waals surface area contributed by atoms with Gasteiger partial charge in [0.05, 0.1) is 21.8 Å². The van der Waals surface area contributed by atoms with Gasteiger partial charge in [-0.25, -0.2) is 0 Å². The molecule has 6 rings (SSSR count). The molecular weight excluding hydrogens is 497 g/mol. The van der Waals surface area contributed by atoms with Crippen molar-refractivity contribution >= 4 is 21.8 Å². The predicted octanol–water partition coefficient (Wildman–Crippen LogP) is 9.56. The van der Waals surface area contributed by atoms with Crippen LogP contribution in [0.1, 0.15) is 0 Å². The Balaban J connectivity index is 0.000000155. The summed E-state index contributed by atoms with van der Waals surface area (Å²) in [6, 6.07) is 64.3. The standard InChI is InChI=1S/2C18H15S/c2*1-4-10-16(11-5-1)19(17-12-6-2-7-13-17)18-14-8-3-9-15-18/h2*1-15H/q2*+1. The topological polar surface area (TPSA) is 0 Å². The van der Waals surface area contributed by atoms with E-state index in [0.717, 1.165) is 0 Å². The Bertz CT molecular complexity index is 1170. The maximum atomic E-state index is 2.21. The second kappa shape index (κ2) is 13.5. The molecule has 0 atom stereocenters. The summed E-state index contributed by atoms with van der Waals surface area (Å²) in [7, 11) is -0.0293. The van der Waals surface area contributed by atoms with E-state index in [0.29, 0.717) is 0 Å². The Morgan fingerprint density at radius 3 is 0.447 bits per heavy atom. The molecule has 0 saturated carbocycles. The molecule has 184 valence electrons. The van der Waals surface area contributed by atoms with Crippen LogP contribution < -0.4 is 0 Å². The first kappa shape index (κ1) is 25.7. The highest BCUT2D eigenvalue weighted by molar-refractivity contribution is 7.97. The zero-order valence-electron chi connectivity index (χ0n) is 21.1. The molecule has 0 radical (unpaired) electrons. The molecule has 6 aromatic rings. The van der Waals surface area contributed by atoms with Crippen LogP contribution in [0.4, 0.5) is 0 Å². The Morgan fingerprint density at radius 1 is 0.184 bits per heavy atom. The number of benzene rings is 6. The smallest absolute Gasteiger partial charge is 0.0619 e. The lowest BCUT2D eigenvalue weighted by molar-refractivity contribution is 1.32. The zero-order chi connectivity index (χ0) is 25.8. The highest BCUT2D eigenvalue weighted by Crippen LogP contribution is 2.31. The average molecular weight is 527 g/mol. The van der Waals surface area contributed by atoms with Crippen molar-refractivity contribution in [3.05, 3.63) is 182 Å². The van der Waals surface area contributed by atoms with E-state index in [4.69, 9.17) is 0 Å². The summed E-state index contributed by atoms with van der Waals surface area (Å²) in [6.45, 7) is 0. The van der Waals surface area contributed by atoms with Gasteiger partial charge in [-0.15, -0.1) is 0 Å². The van der Waals surface area contributed by atoms with Crippen molar-refractivity contribution in [1.82, 2.24) is 0 Å².